The van der Waals surface area contributed by atoms with Crippen LogP contribution in [0.15, 0.2) is 24.3 Å². The largest absolute Gasteiger partial charge is 0.507 e. The topological polar surface area (TPSA) is 40.5 Å². The van der Waals surface area contributed by atoms with Crippen molar-refractivity contribution in [2.24, 2.45) is 0 Å². The number of phenolic OH excluding ortho intramolecular Hbond substituents is 2. The van der Waals surface area contributed by atoms with E-state index in [0.717, 1.165) is 11.1 Å². The molecular weight excluding hydrogens is 355 g/mol. The minimum atomic E-state index is -0.669. The van der Waals surface area contributed by atoms with Crippen LogP contribution >= 0.6 is 23.2 Å². The van der Waals surface area contributed by atoms with Crippen molar-refractivity contribution in [2.75, 3.05) is 0 Å². The Morgan fingerprint density at radius 2 is 1.04 bits per heavy atom. The number of benzene rings is 2. The van der Waals surface area contributed by atoms with E-state index in [2.05, 4.69) is 0 Å². The maximum absolute atomic E-state index is 10.8. The van der Waals surface area contributed by atoms with Gasteiger partial charge in [0.1, 0.15) is 11.5 Å². The molecule has 0 radical (unpaired) electrons. The Morgan fingerprint density at radius 3 is 1.32 bits per heavy atom. The van der Waals surface area contributed by atoms with Crippen LogP contribution in [0, 0.1) is 0 Å². The van der Waals surface area contributed by atoms with E-state index in [1.807, 2.05) is 41.5 Å². The second-order valence-electron chi connectivity index (χ2n) is 7.72. The zero-order valence-corrected chi connectivity index (χ0v) is 17.1. The van der Waals surface area contributed by atoms with Crippen LogP contribution in [0.2, 0.25) is 10.0 Å². The molecule has 0 spiro atoms. The lowest BCUT2D eigenvalue weighted by Gasteiger charge is -2.30. The van der Waals surface area contributed by atoms with Crippen molar-refractivity contribution in [1.82, 2.24) is 0 Å². The van der Waals surface area contributed by atoms with Gasteiger partial charge in [0.15, 0.2) is 0 Å². The molecule has 25 heavy (non-hydrogen) atoms. The first kappa shape index (κ1) is 19.9. The molecule has 2 rings (SSSR count). The van der Waals surface area contributed by atoms with Gasteiger partial charge in [-0.25, -0.2) is 0 Å². The zero-order chi connectivity index (χ0) is 19.1. The summed E-state index contributed by atoms with van der Waals surface area (Å²) in [5.74, 6) is 0.699. The Balaban J connectivity index is 2.76. The van der Waals surface area contributed by atoms with E-state index < -0.39 is 5.41 Å². The van der Waals surface area contributed by atoms with Crippen LogP contribution in [0.3, 0.4) is 0 Å². The van der Waals surface area contributed by atoms with Crippen molar-refractivity contribution < 1.29 is 10.2 Å². The van der Waals surface area contributed by atoms with E-state index >= 15 is 0 Å². The summed E-state index contributed by atoms with van der Waals surface area (Å²) >= 11 is 12.6. The summed E-state index contributed by atoms with van der Waals surface area (Å²) in [6.07, 6.45) is 0. The molecule has 2 aromatic carbocycles. The van der Waals surface area contributed by atoms with Crippen LogP contribution < -0.4 is 0 Å². The average Bonchev–Trinajstić information content (AvgIpc) is 2.50. The highest BCUT2D eigenvalue weighted by Crippen LogP contribution is 2.47. The highest BCUT2D eigenvalue weighted by atomic mass is 35.5. The van der Waals surface area contributed by atoms with Crippen molar-refractivity contribution in [3.63, 3.8) is 0 Å². The Labute approximate surface area is 160 Å². The maximum atomic E-state index is 10.8. The van der Waals surface area contributed by atoms with E-state index in [1.54, 1.807) is 24.3 Å². The summed E-state index contributed by atoms with van der Waals surface area (Å²) in [5, 5.41) is 22.8. The molecule has 0 amide bonds. The lowest BCUT2D eigenvalue weighted by Crippen LogP contribution is -2.20. The molecule has 0 unspecified atom stereocenters. The van der Waals surface area contributed by atoms with Crippen LogP contribution in [0.4, 0.5) is 0 Å². The Morgan fingerprint density at radius 1 is 0.720 bits per heavy atom. The number of halogens is 2. The van der Waals surface area contributed by atoms with Crippen LogP contribution in [0.25, 0.3) is 0 Å². The standard InChI is InChI=1S/C21H26Cl2O2/c1-11(2)15-7-13(22)9-17(19(15)24)21(5,6)18-10-14(23)8-16(12(3)4)20(18)25/h7-12,24-25H,1-6H3. The van der Waals surface area contributed by atoms with Gasteiger partial charge in [0.25, 0.3) is 0 Å². The lowest BCUT2D eigenvalue weighted by molar-refractivity contribution is 0.426. The average molecular weight is 381 g/mol. The summed E-state index contributed by atoms with van der Waals surface area (Å²) in [6, 6.07) is 7.10. The van der Waals surface area contributed by atoms with Gasteiger partial charge >= 0.3 is 0 Å². The summed E-state index contributed by atoms with van der Waals surface area (Å²) < 4.78 is 0. The van der Waals surface area contributed by atoms with E-state index in [1.165, 1.54) is 0 Å². The van der Waals surface area contributed by atoms with Crippen molar-refractivity contribution in [1.29, 1.82) is 0 Å². The highest BCUT2D eigenvalue weighted by Gasteiger charge is 2.32. The molecule has 0 aliphatic rings. The maximum Gasteiger partial charge on any atom is 0.123 e. The quantitative estimate of drug-likeness (QED) is 0.600. The van der Waals surface area contributed by atoms with E-state index in [9.17, 15) is 10.2 Å². The van der Waals surface area contributed by atoms with E-state index in [4.69, 9.17) is 23.2 Å². The third-order valence-corrected chi connectivity index (χ3v) is 5.24. The second-order valence-corrected chi connectivity index (χ2v) is 8.59. The number of hydrogen-bond donors (Lipinski definition) is 2. The number of aromatic hydroxyl groups is 2. The van der Waals surface area contributed by atoms with Crippen LogP contribution in [0.5, 0.6) is 11.5 Å². The zero-order valence-electron chi connectivity index (χ0n) is 15.6. The van der Waals surface area contributed by atoms with Crippen LogP contribution in [0.1, 0.15) is 75.6 Å². The minimum Gasteiger partial charge on any atom is -0.507 e. The third kappa shape index (κ3) is 3.75. The normalized spacial score (nSPS) is 12.2. The fraction of sp³-hybridized carbons (Fsp3) is 0.429. The van der Waals surface area contributed by atoms with Gasteiger partial charge < -0.3 is 10.2 Å². The van der Waals surface area contributed by atoms with Gasteiger partial charge in [-0.1, -0.05) is 64.7 Å². The molecule has 2 nitrogen and oxygen atoms in total. The summed E-state index contributed by atoms with van der Waals surface area (Å²) in [7, 11) is 0. The first-order chi connectivity index (χ1) is 11.5. The summed E-state index contributed by atoms with van der Waals surface area (Å²) in [6.45, 7) is 12.0. The van der Waals surface area contributed by atoms with Gasteiger partial charge in [-0.05, 0) is 47.2 Å². The summed E-state index contributed by atoms with van der Waals surface area (Å²) in [4.78, 5) is 0. The number of phenols is 2. The van der Waals surface area contributed by atoms with Crippen molar-refractivity contribution in [3.8, 4) is 11.5 Å². The van der Waals surface area contributed by atoms with Crippen LogP contribution in [-0.2, 0) is 5.41 Å². The van der Waals surface area contributed by atoms with E-state index in [-0.39, 0.29) is 23.3 Å². The Hall–Kier alpha value is -1.38. The fourth-order valence-electron chi connectivity index (χ4n) is 3.22. The van der Waals surface area contributed by atoms with Gasteiger partial charge in [-0.2, -0.15) is 0 Å². The molecule has 2 aromatic rings. The number of rotatable bonds is 4. The van der Waals surface area contributed by atoms with Crippen molar-refractivity contribution in [3.05, 3.63) is 56.6 Å². The predicted molar refractivity (Wildman–Crippen MR) is 107 cm³/mol. The van der Waals surface area contributed by atoms with Gasteiger partial charge in [0.05, 0.1) is 0 Å². The number of hydrogen-bond acceptors (Lipinski definition) is 2. The SMILES string of the molecule is CC(C)c1cc(Cl)cc(C(C)(C)c2cc(Cl)cc(C(C)C)c2O)c1O. The summed E-state index contributed by atoms with van der Waals surface area (Å²) in [5.41, 5.74) is 2.27. The predicted octanol–water partition coefficient (Wildman–Crippen LogP) is 6.98. The Kier molecular flexibility index (Phi) is 5.65. The fourth-order valence-corrected chi connectivity index (χ4v) is 3.67. The molecule has 0 atom stereocenters. The molecule has 0 fully saturated rings. The van der Waals surface area contributed by atoms with E-state index in [0.29, 0.717) is 21.2 Å². The molecule has 0 aromatic heterocycles. The van der Waals surface area contributed by atoms with Gasteiger partial charge in [-0.15, -0.1) is 0 Å². The van der Waals surface area contributed by atoms with Crippen LogP contribution in [-0.4, -0.2) is 10.2 Å². The molecule has 0 saturated carbocycles. The molecule has 136 valence electrons. The molecule has 2 N–H and O–H groups in total. The van der Waals surface area contributed by atoms with Crippen molar-refractivity contribution >= 4 is 23.2 Å². The highest BCUT2D eigenvalue weighted by molar-refractivity contribution is 6.31. The molecule has 0 heterocycles. The Bertz CT molecular complexity index is 727. The van der Waals surface area contributed by atoms with Gasteiger partial charge in [0, 0.05) is 26.6 Å². The lowest BCUT2D eigenvalue weighted by atomic mass is 9.75. The molecule has 0 bridgehead atoms. The van der Waals surface area contributed by atoms with Crippen molar-refractivity contribution in [2.45, 2.75) is 58.8 Å². The van der Waals surface area contributed by atoms with Gasteiger partial charge in [-0.3, -0.25) is 0 Å². The first-order valence-corrected chi connectivity index (χ1v) is 9.28. The second kappa shape index (κ2) is 7.09. The molecule has 0 aliphatic heterocycles. The molecule has 0 saturated heterocycles. The monoisotopic (exact) mass is 380 g/mol. The minimum absolute atomic E-state index is 0.132. The molecular formula is C21H26Cl2O2. The first-order valence-electron chi connectivity index (χ1n) is 8.52. The van der Waals surface area contributed by atoms with Gasteiger partial charge in [0.2, 0.25) is 0 Å². The third-order valence-electron chi connectivity index (χ3n) is 4.80. The smallest absolute Gasteiger partial charge is 0.123 e. The molecule has 0 aliphatic carbocycles. The molecule has 4 heteroatoms.